The van der Waals surface area contributed by atoms with Crippen molar-refractivity contribution in [2.24, 2.45) is 0 Å². The molecule has 1 fully saturated rings. The third-order valence-corrected chi connectivity index (χ3v) is 2.94. The van der Waals surface area contributed by atoms with Crippen molar-refractivity contribution in [1.29, 1.82) is 0 Å². The van der Waals surface area contributed by atoms with Gasteiger partial charge in [-0.2, -0.15) is 0 Å². The summed E-state index contributed by atoms with van der Waals surface area (Å²) in [4.78, 5) is 17.4. The molecule has 0 saturated carbocycles. The Morgan fingerprint density at radius 2 is 2.17 bits per heavy atom. The first-order valence-electron chi connectivity index (χ1n) is 6.07. The van der Waals surface area contributed by atoms with Gasteiger partial charge in [-0.1, -0.05) is 20.8 Å². The van der Waals surface area contributed by atoms with Gasteiger partial charge in [-0.15, -0.1) is 0 Å². The zero-order valence-electron chi connectivity index (χ0n) is 11.0. The molecule has 1 aliphatic rings. The van der Waals surface area contributed by atoms with Crippen LogP contribution in [0.25, 0.3) is 0 Å². The first-order valence-corrected chi connectivity index (χ1v) is 6.07. The Bertz CT molecular complexity index is 468. The second kappa shape index (κ2) is 4.65. The van der Waals surface area contributed by atoms with E-state index < -0.39 is 0 Å². The highest BCUT2D eigenvalue weighted by Crippen LogP contribution is 2.26. The highest BCUT2D eigenvalue weighted by atomic mass is 19.1. The zero-order chi connectivity index (χ0) is 13.3. The number of anilines is 1. The molecule has 2 heterocycles. The highest BCUT2D eigenvalue weighted by Gasteiger charge is 2.24. The molecule has 1 aromatic heterocycles. The average Bonchev–Trinajstić information content (AvgIpc) is 2.27. The molecule has 0 radical (unpaired) electrons. The maximum absolute atomic E-state index is 14.0. The summed E-state index contributed by atoms with van der Waals surface area (Å²) in [5.74, 6) is -0.405. The van der Waals surface area contributed by atoms with Crippen LogP contribution in [0.4, 0.5) is 10.1 Å². The molecule has 1 amide bonds. The summed E-state index contributed by atoms with van der Waals surface area (Å²) in [5, 5.41) is 2.98. The first-order chi connectivity index (χ1) is 8.39. The first kappa shape index (κ1) is 13.0. The molecule has 1 saturated heterocycles. The number of pyridine rings is 1. The molecule has 0 aliphatic carbocycles. The molecule has 18 heavy (non-hydrogen) atoms. The van der Waals surface area contributed by atoms with Crippen LogP contribution in [0.1, 0.15) is 26.5 Å². The third-order valence-electron chi connectivity index (χ3n) is 2.94. The molecular formula is C13H18FN3O. The second-order valence-electron chi connectivity index (χ2n) is 5.50. The highest BCUT2D eigenvalue weighted by molar-refractivity contribution is 5.95. The van der Waals surface area contributed by atoms with Gasteiger partial charge < -0.3 is 10.2 Å². The molecule has 2 rings (SSSR count). The van der Waals surface area contributed by atoms with E-state index >= 15 is 0 Å². The standard InChI is InChI=1S/C13H18FN3O/c1-13(2,3)12-10(14)6-9(7-16-12)17-5-4-15-8-11(17)18/h6-7,15H,4-5,8H2,1-3H3. The summed E-state index contributed by atoms with van der Waals surface area (Å²) in [6.45, 7) is 7.29. The predicted molar refractivity (Wildman–Crippen MR) is 68.1 cm³/mol. The fourth-order valence-corrected chi connectivity index (χ4v) is 2.01. The number of carbonyl (C=O) groups is 1. The number of hydrogen-bond donors (Lipinski definition) is 1. The maximum Gasteiger partial charge on any atom is 0.241 e. The minimum absolute atomic E-state index is 0.0500. The van der Waals surface area contributed by atoms with E-state index in [0.29, 0.717) is 31.0 Å². The lowest BCUT2D eigenvalue weighted by molar-refractivity contribution is -0.118. The van der Waals surface area contributed by atoms with Crippen molar-refractivity contribution in [2.75, 3.05) is 24.5 Å². The van der Waals surface area contributed by atoms with Gasteiger partial charge in [-0.3, -0.25) is 9.78 Å². The van der Waals surface area contributed by atoms with E-state index in [0.717, 1.165) is 0 Å². The fraction of sp³-hybridized carbons (Fsp3) is 0.538. The van der Waals surface area contributed by atoms with Gasteiger partial charge in [0.2, 0.25) is 5.91 Å². The molecule has 98 valence electrons. The van der Waals surface area contributed by atoms with Gasteiger partial charge in [0.25, 0.3) is 0 Å². The largest absolute Gasteiger partial charge is 0.308 e. The van der Waals surface area contributed by atoms with Gasteiger partial charge in [0, 0.05) is 24.6 Å². The quantitative estimate of drug-likeness (QED) is 0.821. The van der Waals surface area contributed by atoms with Crippen LogP contribution in [0, 0.1) is 5.82 Å². The van der Waals surface area contributed by atoms with Crippen LogP contribution in [0.3, 0.4) is 0 Å². The molecule has 0 bridgehead atoms. The molecule has 0 atom stereocenters. The van der Waals surface area contributed by atoms with Gasteiger partial charge >= 0.3 is 0 Å². The van der Waals surface area contributed by atoms with E-state index in [9.17, 15) is 9.18 Å². The average molecular weight is 251 g/mol. The van der Waals surface area contributed by atoms with E-state index in [4.69, 9.17) is 0 Å². The lowest BCUT2D eigenvalue weighted by atomic mass is 9.91. The molecule has 0 unspecified atom stereocenters. The Hall–Kier alpha value is -1.49. The normalized spacial score (nSPS) is 17.1. The summed E-state index contributed by atoms with van der Waals surface area (Å²) in [6, 6.07) is 1.40. The third kappa shape index (κ3) is 2.51. The monoisotopic (exact) mass is 251 g/mol. The number of halogens is 1. The smallest absolute Gasteiger partial charge is 0.241 e. The second-order valence-corrected chi connectivity index (χ2v) is 5.50. The summed E-state index contributed by atoms with van der Waals surface area (Å²) in [5.41, 5.74) is 0.622. The van der Waals surface area contributed by atoms with E-state index in [1.807, 2.05) is 20.8 Å². The van der Waals surface area contributed by atoms with Crippen molar-refractivity contribution in [1.82, 2.24) is 10.3 Å². The SMILES string of the molecule is CC(C)(C)c1ncc(N2CCNCC2=O)cc1F. The van der Waals surface area contributed by atoms with Crippen molar-refractivity contribution < 1.29 is 9.18 Å². The molecule has 4 nitrogen and oxygen atoms in total. The Labute approximate surface area is 106 Å². The van der Waals surface area contributed by atoms with Crippen LogP contribution < -0.4 is 10.2 Å². The van der Waals surface area contributed by atoms with E-state index in [-0.39, 0.29) is 17.1 Å². The van der Waals surface area contributed by atoms with E-state index in [1.54, 1.807) is 11.1 Å². The van der Waals surface area contributed by atoms with Gasteiger partial charge in [0.1, 0.15) is 5.82 Å². The minimum Gasteiger partial charge on any atom is -0.308 e. The Balaban J connectivity index is 2.31. The number of nitrogens with zero attached hydrogens (tertiary/aromatic N) is 2. The number of carbonyl (C=O) groups excluding carboxylic acids is 1. The van der Waals surface area contributed by atoms with E-state index in [2.05, 4.69) is 10.3 Å². The van der Waals surface area contributed by atoms with Crippen LogP contribution in [-0.2, 0) is 10.2 Å². The van der Waals surface area contributed by atoms with Crippen molar-refractivity contribution in [3.63, 3.8) is 0 Å². The molecule has 0 spiro atoms. The van der Waals surface area contributed by atoms with Crippen LogP contribution in [-0.4, -0.2) is 30.5 Å². The Kier molecular flexibility index (Phi) is 3.34. The molecule has 1 N–H and O–H groups in total. The predicted octanol–water partition coefficient (Wildman–Crippen LogP) is 1.45. The number of hydrogen-bond acceptors (Lipinski definition) is 3. The number of aromatic nitrogens is 1. The number of nitrogens with one attached hydrogen (secondary N) is 1. The molecule has 0 aromatic carbocycles. The van der Waals surface area contributed by atoms with Gasteiger partial charge in [-0.25, -0.2) is 4.39 Å². The fourth-order valence-electron chi connectivity index (χ4n) is 2.01. The topological polar surface area (TPSA) is 45.2 Å². The summed E-state index contributed by atoms with van der Waals surface area (Å²) in [7, 11) is 0. The van der Waals surface area contributed by atoms with Crippen LogP contribution in [0.2, 0.25) is 0 Å². The van der Waals surface area contributed by atoms with Crippen molar-refractivity contribution >= 4 is 11.6 Å². The van der Waals surface area contributed by atoms with Crippen molar-refractivity contribution in [2.45, 2.75) is 26.2 Å². The lowest BCUT2D eigenvalue weighted by Crippen LogP contribution is -2.48. The molecular weight excluding hydrogens is 233 g/mol. The number of rotatable bonds is 1. The summed E-state index contributed by atoms with van der Waals surface area (Å²) in [6.07, 6.45) is 1.58. The number of amides is 1. The van der Waals surface area contributed by atoms with Crippen LogP contribution >= 0.6 is 0 Å². The van der Waals surface area contributed by atoms with Crippen molar-refractivity contribution in [3.8, 4) is 0 Å². The van der Waals surface area contributed by atoms with Crippen LogP contribution in [0.15, 0.2) is 12.3 Å². The molecule has 5 heteroatoms. The van der Waals surface area contributed by atoms with Gasteiger partial charge in [-0.05, 0) is 0 Å². The van der Waals surface area contributed by atoms with Crippen molar-refractivity contribution in [3.05, 3.63) is 23.8 Å². The maximum atomic E-state index is 14.0. The minimum atomic E-state index is -0.355. The van der Waals surface area contributed by atoms with Crippen LogP contribution in [0.5, 0.6) is 0 Å². The number of piperazine rings is 1. The Morgan fingerprint density at radius 3 is 2.72 bits per heavy atom. The molecule has 1 aromatic rings. The zero-order valence-corrected chi connectivity index (χ0v) is 11.0. The Morgan fingerprint density at radius 1 is 1.44 bits per heavy atom. The van der Waals surface area contributed by atoms with Gasteiger partial charge in [0.05, 0.1) is 24.1 Å². The summed E-state index contributed by atoms with van der Waals surface area (Å²) >= 11 is 0. The lowest BCUT2D eigenvalue weighted by Gasteiger charge is -2.28. The summed E-state index contributed by atoms with van der Waals surface area (Å²) < 4.78 is 14.0. The van der Waals surface area contributed by atoms with E-state index in [1.165, 1.54) is 6.07 Å². The molecule has 1 aliphatic heterocycles. The van der Waals surface area contributed by atoms with Gasteiger partial charge in [0.15, 0.2) is 0 Å².